The number of hydrogen-bond donors (Lipinski definition) is 1. The van der Waals surface area contributed by atoms with Crippen molar-refractivity contribution in [2.75, 3.05) is 12.3 Å². The molecule has 0 aliphatic heterocycles. The molecule has 0 saturated heterocycles. The van der Waals surface area contributed by atoms with Crippen molar-refractivity contribution in [3.05, 3.63) is 0 Å². The minimum atomic E-state index is 0.278. The summed E-state index contributed by atoms with van der Waals surface area (Å²) in [6.07, 6.45) is 5.80. The summed E-state index contributed by atoms with van der Waals surface area (Å²) < 4.78 is 0. The fraction of sp³-hybridized carbons (Fsp3) is 1.00. The van der Waals surface area contributed by atoms with Gasteiger partial charge in [-0.15, -0.1) is 0 Å². The van der Waals surface area contributed by atoms with Crippen LogP contribution in [0, 0.1) is 5.92 Å². The standard InChI is InChI=1S/C13H27NS/c1-11-6-5-7-12(10-11)15-9-8-14-13(2,3)4/h11-12,14H,5-10H2,1-4H3. The van der Waals surface area contributed by atoms with Crippen LogP contribution in [-0.2, 0) is 0 Å². The van der Waals surface area contributed by atoms with E-state index in [1.165, 1.54) is 31.4 Å². The third-order valence-electron chi connectivity index (χ3n) is 3.00. The van der Waals surface area contributed by atoms with Crippen molar-refractivity contribution in [3.8, 4) is 0 Å². The van der Waals surface area contributed by atoms with E-state index in [1.807, 2.05) is 0 Å². The maximum atomic E-state index is 3.55. The van der Waals surface area contributed by atoms with Crippen molar-refractivity contribution in [2.45, 2.75) is 64.2 Å². The van der Waals surface area contributed by atoms with Crippen molar-refractivity contribution >= 4 is 11.8 Å². The van der Waals surface area contributed by atoms with E-state index in [0.29, 0.717) is 0 Å². The molecule has 0 aromatic rings. The van der Waals surface area contributed by atoms with Crippen molar-refractivity contribution in [1.29, 1.82) is 0 Å². The maximum absolute atomic E-state index is 3.55. The molecule has 1 saturated carbocycles. The Balaban J connectivity index is 2.04. The van der Waals surface area contributed by atoms with Gasteiger partial charge in [-0.1, -0.05) is 19.8 Å². The number of nitrogens with one attached hydrogen (secondary N) is 1. The summed E-state index contributed by atoms with van der Waals surface area (Å²) in [5.74, 6) is 2.24. The van der Waals surface area contributed by atoms with Gasteiger partial charge in [-0.2, -0.15) is 11.8 Å². The van der Waals surface area contributed by atoms with E-state index in [4.69, 9.17) is 0 Å². The average Bonchev–Trinajstić information content (AvgIpc) is 2.11. The molecule has 0 radical (unpaired) electrons. The Bertz CT molecular complexity index is 174. The van der Waals surface area contributed by atoms with Crippen molar-refractivity contribution < 1.29 is 0 Å². The molecule has 90 valence electrons. The second-order valence-corrected chi connectivity index (χ2v) is 7.35. The van der Waals surface area contributed by atoms with Crippen LogP contribution < -0.4 is 5.32 Å². The molecular formula is C13H27NS. The minimum absolute atomic E-state index is 0.278. The Hall–Kier alpha value is 0.310. The zero-order chi connectivity index (χ0) is 11.3. The molecular weight excluding hydrogens is 202 g/mol. The van der Waals surface area contributed by atoms with Crippen LogP contribution in [0.15, 0.2) is 0 Å². The lowest BCUT2D eigenvalue weighted by Gasteiger charge is -2.27. The summed E-state index contributed by atoms with van der Waals surface area (Å²) in [6, 6.07) is 0. The van der Waals surface area contributed by atoms with E-state index in [9.17, 15) is 0 Å². The van der Waals surface area contributed by atoms with Gasteiger partial charge in [-0.05, 0) is 39.5 Å². The Morgan fingerprint density at radius 2 is 2.00 bits per heavy atom. The molecule has 2 atom stereocenters. The number of hydrogen-bond acceptors (Lipinski definition) is 2. The molecule has 2 unspecified atom stereocenters. The lowest BCUT2D eigenvalue weighted by atomic mass is 9.91. The van der Waals surface area contributed by atoms with Crippen LogP contribution in [0.5, 0.6) is 0 Å². The monoisotopic (exact) mass is 229 g/mol. The van der Waals surface area contributed by atoms with Crippen molar-refractivity contribution in [2.24, 2.45) is 5.92 Å². The fourth-order valence-electron chi connectivity index (χ4n) is 2.18. The fourth-order valence-corrected chi connectivity index (χ4v) is 3.53. The predicted molar refractivity (Wildman–Crippen MR) is 71.6 cm³/mol. The van der Waals surface area contributed by atoms with E-state index in [1.54, 1.807) is 0 Å². The van der Waals surface area contributed by atoms with Gasteiger partial charge in [0.2, 0.25) is 0 Å². The van der Waals surface area contributed by atoms with E-state index in [-0.39, 0.29) is 5.54 Å². The van der Waals surface area contributed by atoms with Gasteiger partial charge in [0.25, 0.3) is 0 Å². The highest BCUT2D eigenvalue weighted by atomic mass is 32.2. The second-order valence-electron chi connectivity index (χ2n) is 5.94. The summed E-state index contributed by atoms with van der Waals surface area (Å²) in [5.41, 5.74) is 0.278. The van der Waals surface area contributed by atoms with Gasteiger partial charge >= 0.3 is 0 Å². The van der Waals surface area contributed by atoms with E-state index < -0.39 is 0 Å². The Morgan fingerprint density at radius 3 is 2.60 bits per heavy atom. The van der Waals surface area contributed by atoms with Gasteiger partial charge < -0.3 is 5.32 Å². The zero-order valence-electron chi connectivity index (χ0n) is 10.8. The molecule has 1 nitrogen and oxygen atoms in total. The summed E-state index contributed by atoms with van der Waals surface area (Å²) in [5, 5.41) is 4.49. The summed E-state index contributed by atoms with van der Waals surface area (Å²) in [7, 11) is 0. The van der Waals surface area contributed by atoms with Gasteiger partial charge in [0, 0.05) is 23.1 Å². The third kappa shape index (κ3) is 6.47. The second kappa shape index (κ2) is 6.15. The predicted octanol–water partition coefficient (Wildman–Crippen LogP) is 3.69. The Kier molecular flexibility index (Phi) is 5.48. The molecule has 0 aromatic carbocycles. The van der Waals surface area contributed by atoms with Crippen LogP contribution >= 0.6 is 11.8 Å². The third-order valence-corrected chi connectivity index (χ3v) is 4.34. The molecule has 0 aromatic heterocycles. The first-order valence-corrected chi connectivity index (χ1v) is 7.39. The molecule has 1 fully saturated rings. The van der Waals surface area contributed by atoms with Crippen LogP contribution in [0.3, 0.4) is 0 Å². The highest BCUT2D eigenvalue weighted by Gasteiger charge is 2.18. The van der Waals surface area contributed by atoms with E-state index >= 15 is 0 Å². The SMILES string of the molecule is CC1CCCC(SCCNC(C)(C)C)C1. The summed E-state index contributed by atoms with van der Waals surface area (Å²) in [6.45, 7) is 10.3. The van der Waals surface area contributed by atoms with Crippen LogP contribution in [0.4, 0.5) is 0 Å². The number of thioether (sulfide) groups is 1. The van der Waals surface area contributed by atoms with Crippen molar-refractivity contribution in [1.82, 2.24) is 5.32 Å². The van der Waals surface area contributed by atoms with Gasteiger partial charge in [0.05, 0.1) is 0 Å². The van der Waals surface area contributed by atoms with Gasteiger partial charge in [0.1, 0.15) is 0 Å². The molecule has 0 heterocycles. The van der Waals surface area contributed by atoms with Crippen molar-refractivity contribution in [3.63, 3.8) is 0 Å². The van der Waals surface area contributed by atoms with E-state index in [2.05, 4.69) is 44.8 Å². The van der Waals surface area contributed by atoms with Crippen LogP contribution in [-0.4, -0.2) is 23.1 Å². The molecule has 15 heavy (non-hydrogen) atoms. The normalized spacial score (nSPS) is 28.0. The van der Waals surface area contributed by atoms with Gasteiger partial charge in [-0.25, -0.2) is 0 Å². The topological polar surface area (TPSA) is 12.0 Å². The largest absolute Gasteiger partial charge is 0.311 e. The quantitative estimate of drug-likeness (QED) is 0.738. The molecule has 1 aliphatic rings. The summed E-state index contributed by atoms with van der Waals surface area (Å²) >= 11 is 2.18. The molecule has 2 heteroatoms. The first-order valence-electron chi connectivity index (χ1n) is 6.34. The highest BCUT2D eigenvalue weighted by molar-refractivity contribution is 7.99. The first-order chi connectivity index (χ1) is 6.97. The molecule has 0 spiro atoms. The lowest BCUT2D eigenvalue weighted by molar-refractivity contribution is 0.393. The molecule has 0 amide bonds. The molecule has 1 N–H and O–H groups in total. The lowest BCUT2D eigenvalue weighted by Crippen LogP contribution is -2.37. The van der Waals surface area contributed by atoms with Gasteiger partial charge in [0.15, 0.2) is 0 Å². The summed E-state index contributed by atoms with van der Waals surface area (Å²) in [4.78, 5) is 0. The highest BCUT2D eigenvalue weighted by Crippen LogP contribution is 2.31. The molecule has 0 bridgehead atoms. The van der Waals surface area contributed by atoms with Crippen LogP contribution in [0.1, 0.15) is 53.4 Å². The zero-order valence-corrected chi connectivity index (χ0v) is 11.6. The molecule has 1 aliphatic carbocycles. The van der Waals surface area contributed by atoms with Crippen LogP contribution in [0.2, 0.25) is 0 Å². The maximum Gasteiger partial charge on any atom is 0.00968 e. The van der Waals surface area contributed by atoms with Crippen LogP contribution in [0.25, 0.3) is 0 Å². The number of rotatable bonds is 4. The van der Waals surface area contributed by atoms with Gasteiger partial charge in [-0.3, -0.25) is 0 Å². The molecule has 1 rings (SSSR count). The van der Waals surface area contributed by atoms with E-state index in [0.717, 1.165) is 17.7 Å². The first kappa shape index (κ1) is 13.4. The Labute approximate surface area is 99.8 Å². The smallest absolute Gasteiger partial charge is 0.00968 e. The average molecular weight is 229 g/mol. The minimum Gasteiger partial charge on any atom is -0.311 e. The Morgan fingerprint density at radius 1 is 1.27 bits per heavy atom.